The van der Waals surface area contributed by atoms with Crippen LogP contribution < -0.4 is 0 Å². The number of imidazole rings is 1. The highest BCUT2D eigenvalue weighted by Gasteiger charge is 2.08. The first-order valence-electron chi connectivity index (χ1n) is 5.61. The second-order valence-electron chi connectivity index (χ2n) is 3.92. The van der Waals surface area contributed by atoms with Gasteiger partial charge in [-0.2, -0.15) is 0 Å². The summed E-state index contributed by atoms with van der Waals surface area (Å²) in [5, 5.41) is 0.711. The van der Waals surface area contributed by atoms with Gasteiger partial charge in [-0.1, -0.05) is 41.4 Å². The molecule has 0 saturated carbocycles. The Kier molecular flexibility index (Phi) is 3.64. The van der Waals surface area contributed by atoms with Crippen LogP contribution >= 0.6 is 35.0 Å². The Labute approximate surface area is 124 Å². The summed E-state index contributed by atoms with van der Waals surface area (Å²) in [5.41, 5.74) is 1.40. The quantitative estimate of drug-likeness (QED) is 0.569. The average Bonchev–Trinajstić information content (AvgIpc) is 2.80. The summed E-state index contributed by atoms with van der Waals surface area (Å²) in [6.07, 6.45) is 0. The predicted octanol–water partition coefficient (Wildman–Crippen LogP) is 4.56. The molecule has 0 unspecified atom stereocenters. The van der Waals surface area contributed by atoms with Crippen LogP contribution in [-0.2, 0) is 5.75 Å². The van der Waals surface area contributed by atoms with Gasteiger partial charge in [0.1, 0.15) is 11.0 Å². The molecule has 0 radical (unpaired) electrons. The van der Waals surface area contributed by atoms with E-state index in [0.717, 1.165) is 17.1 Å². The van der Waals surface area contributed by atoms with Crippen molar-refractivity contribution in [3.63, 3.8) is 0 Å². The molecule has 6 heteroatoms. The number of fused-ring (bicyclic) bond motifs is 1. The van der Waals surface area contributed by atoms with Crippen molar-refractivity contribution in [2.24, 2.45) is 0 Å². The molecule has 0 aliphatic carbocycles. The fourth-order valence-electron chi connectivity index (χ4n) is 1.68. The molecule has 0 aliphatic heterocycles. The Morgan fingerprint density at radius 2 is 1.89 bits per heavy atom. The number of hydrogen-bond acceptors (Lipinski definition) is 3. The van der Waals surface area contributed by atoms with Crippen LogP contribution in [-0.4, -0.2) is 15.0 Å². The monoisotopic (exact) mass is 309 g/mol. The number of aromatic nitrogens is 3. The van der Waals surface area contributed by atoms with Gasteiger partial charge in [-0.15, -0.1) is 11.8 Å². The number of aromatic amines is 1. The largest absolute Gasteiger partial charge is 0.340 e. The molecule has 3 nitrogen and oxygen atoms in total. The number of H-pyrrole nitrogens is 1. The van der Waals surface area contributed by atoms with Crippen LogP contribution in [0, 0.1) is 0 Å². The lowest BCUT2D eigenvalue weighted by molar-refractivity contribution is 1.13. The Bertz CT molecular complexity index is 673. The van der Waals surface area contributed by atoms with E-state index in [1.54, 1.807) is 17.8 Å². The molecule has 0 bridgehead atoms. The highest BCUT2D eigenvalue weighted by atomic mass is 35.5. The molecule has 0 saturated heterocycles. The molecular formula is C13H9Cl2N3S. The van der Waals surface area contributed by atoms with E-state index in [-0.39, 0.29) is 5.15 Å². The summed E-state index contributed by atoms with van der Waals surface area (Å²) < 4.78 is 0. The van der Waals surface area contributed by atoms with Crippen LogP contribution in [0.5, 0.6) is 0 Å². The number of nitrogens with zero attached hydrogens (tertiary/aromatic N) is 2. The zero-order chi connectivity index (χ0) is 13.2. The van der Waals surface area contributed by atoms with E-state index in [9.17, 15) is 0 Å². The topological polar surface area (TPSA) is 41.6 Å². The van der Waals surface area contributed by atoms with Crippen molar-refractivity contribution in [1.29, 1.82) is 0 Å². The first kappa shape index (κ1) is 12.8. The summed E-state index contributed by atoms with van der Waals surface area (Å²) in [4.78, 5) is 12.9. The third-order valence-corrected chi connectivity index (χ3v) is 4.25. The Hall–Kier alpha value is -1.23. The van der Waals surface area contributed by atoms with Crippen molar-refractivity contribution in [2.45, 2.75) is 10.6 Å². The standard InChI is InChI=1S/C13H9Cl2N3S/c14-9-6-10-13(18-12(9)15)17-11(16-10)7-19-8-4-2-1-3-5-8/h1-6H,7H2,(H,16,17,18). The zero-order valence-corrected chi connectivity index (χ0v) is 12.1. The van der Waals surface area contributed by atoms with Crippen LogP contribution in [0.15, 0.2) is 41.3 Å². The lowest BCUT2D eigenvalue weighted by atomic mass is 10.4. The lowest BCUT2D eigenvalue weighted by Gasteiger charge is -1.97. The molecule has 3 rings (SSSR count). The molecule has 1 aromatic carbocycles. The fraction of sp³-hybridized carbons (Fsp3) is 0.0769. The maximum atomic E-state index is 5.92. The van der Waals surface area contributed by atoms with Crippen LogP contribution in [0.25, 0.3) is 11.2 Å². The molecule has 2 heterocycles. The molecule has 96 valence electrons. The van der Waals surface area contributed by atoms with Crippen LogP contribution in [0.2, 0.25) is 10.2 Å². The minimum atomic E-state index is 0.280. The number of thioether (sulfide) groups is 1. The first-order valence-corrected chi connectivity index (χ1v) is 7.35. The maximum Gasteiger partial charge on any atom is 0.179 e. The number of nitrogens with one attached hydrogen (secondary N) is 1. The second kappa shape index (κ2) is 5.41. The van der Waals surface area contributed by atoms with E-state index < -0.39 is 0 Å². The van der Waals surface area contributed by atoms with Crippen molar-refractivity contribution in [3.05, 3.63) is 52.4 Å². The third-order valence-electron chi connectivity index (χ3n) is 2.55. The smallest absolute Gasteiger partial charge is 0.179 e. The van der Waals surface area contributed by atoms with E-state index in [2.05, 4.69) is 27.1 Å². The van der Waals surface area contributed by atoms with Crippen LogP contribution in [0.4, 0.5) is 0 Å². The van der Waals surface area contributed by atoms with Crippen molar-refractivity contribution in [2.75, 3.05) is 0 Å². The van der Waals surface area contributed by atoms with Gasteiger partial charge < -0.3 is 4.98 Å². The molecular weight excluding hydrogens is 301 g/mol. The molecule has 1 N–H and O–H groups in total. The van der Waals surface area contributed by atoms with Gasteiger partial charge in [-0.25, -0.2) is 9.97 Å². The van der Waals surface area contributed by atoms with Gasteiger partial charge in [0.25, 0.3) is 0 Å². The average molecular weight is 310 g/mol. The normalized spacial score (nSPS) is 11.1. The number of halogens is 2. The van der Waals surface area contributed by atoms with Gasteiger partial charge >= 0.3 is 0 Å². The van der Waals surface area contributed by atoms with E-state index >= 15 is 0 Å². The molecule has 0 amide bonds. The number of benzene rings is 1. The molecule has 19 heavy (non-hydrogen) atoms. The summed E-state index contributed by atoms with van der Waals surface area (Å²) in [6.45, 7) is 0. The third kappa shape index (κ3) is 2.86. The lowest BCUT2D eigenvalue weighted by Crippen LogP contribution is -1.83. The van der Waals surface area contributed by atoms with Gasteiger partial charge in [-0.05, 0) is 18.2 Å². The number of pyridine rings is 1. The van der Waals surface area contributed by atoms with Gasteiger partial charge in [0.2, 0.25) is 0 Å². The Balaban J connectivity index is 1.82. The minimum absolute atomic E-state index is 0.280. The molecule has 0 aliphatic rings. The van der Waals surface area contributed by atoms with E-state index in [1.165, 1.54) is 4.90 Å². The van der Waals surface area contributed by atoms with Gasteiger partial charge in [0.05, 0.1) is 16.3 Å². The zero-order valence-electron chi connectivity index (χ0n) is 9.73. The fourth-order valence-corrected chi connectivity index (χ4v) is 2.76. The van der Waals surface area contributed by atoms with Crippen molar-refractivity contribution >= 4 is 46.1 Å². The minimum Gasteiger partial charge on any atom is -0.340 e. The molecule has 0 atom stereocenters. The second-order valence-corrected chi connectivity index (χ2v) is 5.73. The molecule has 0 spiro atoms. The summed E-state index contributed by atoms with van der Waals surface area (Å²) >= 11 is 13.5. The Morgan fingerprint density at radius 3 is 2.68 bits per heavy atom. The van der Waals surface area contributed by atoms with Crippen LogP contribution in [0.1, 0.15) is 5.82 Å². The van der Waals surface area contributed by atoms with Gasteiger partial charge in [0, 0.05) is 4.90 Å². The Morgan fingerprint density at radius 1 is 1.11 bits per heavy atom. The number of rotatable bonds is 3. The molecule has 3 aromatic rings. The van der Waals surface area contributed by atoms with Crippen molar-refractivity contribution in [3.8, 4) is 0 Å². The molecule has 0 fully saturated rings. The predicted molar refractivity (Wildman–Crippen MR) is 79.9 cm³/mol. The summed E-state index contributed by atoms with van der Waals surface area (Å²) in [7, 11) is 0. The van der Waals surface area contributed by atoms with Gasteiger partial charge in [-0.3, -0.25) is 0 Å². The van der Waals surface area contributed by atoms with E-state index in [4.69, 9.17) is 23.2 Å². The van der Waals surface area contributed by atoms with E-state index in [1.807, 2.05) is 18.2 Å². The van der Waals surface area contributed by atoms with Crippen LogP contribution in [0.3, 0.4) is 0 Å². The summed E-state index contributed by atoms with van der Waals surface area (Å²) in [5.74, 6) is 1.60. The molecule has 2 aromatic heterocycles. The summed E-state index contributed by atoms with van der Waals surface area (Å²) in [6, 6.07) is 11.9. The highest BCUT2D eigenvalue weighted by Crippen LogP contribution is 2.25. The van der Waals surface area contributed by atoms with Crippen molar-refractivity contribution in [1.82, 2.24) is 15.0 Å². The maximum absolute atomic E-state index is 5.92. The van der Waals surface area contributed by atoms with Gasteiger partial charge in [0.15, 0.2) is 5.65 Å². The first-order chi connectivity index (χ1) is 9.22. The highest BCUT2D eigenvalue weighted by molar-refractivity contribution is 7.98. The SMILES string of the molecule is Clc1cc2[nH]c(CSc3ccccc3)nc2nc1Cl. The van der Waals surface area contributed by atoms with E-state index in [0.29, 0.717) is 10.7 Å². The van der Waals surface area contributed by atoms with Crippen molar-refractivity contribution < 1.29 is 0 Å². The number of hydrogen-bond donors (Lipinski definition) is 1.